The molecule has 0 aromatic heterocycles. The Kier molecular flexibility index (Phi) is 7.29. The highest BCUT2D eigenvalue weighted by atomic mass is 35.5. The molecule has 1 saturated heterocycles. The zero-order valence-electron chi connectivity index (χ0n) is 16.8. The van der Waals surface area contributed by atoms with E-state index in [1.807, 2.05) is 6.92 Å². The summed E-state index contributed by atoms with van der Waals surface area (Å²) in [6.07, 6.45) is 0.852. The van der Waals surface area contributed by atoms with E-state index in [1.165, 1.54) is 10.4 Å². The number of carbonyl (C=O) groups is 1. The molecule has 0 spiro atoms. The third-order valence-electron chi connectivity index (χ3n) is 5.17. The van der Waals surface area contributed by atoms with E-state index in [0.717, 1.165) is 5.56 Å². The number of amides is 1. The van der Waals surface area contributed by atoms with Gasteiger partial charge in [-0.05, 0) is 62.6 Å². The first-order chi connectivity index (χ1) is 14.2. The molecule has 162 valence electrons. The van der Waals surface area contributed by atoms with Crippen molar-refractivity contribution in [2.24, 2.45) is 5.92 Å². The number of hydrogen-bond donors (Lipinski definition) is 1. The third-order valence-corrected chi connectivity index (χ3v) is 7.74. The van der Waals surface area contributed by atoms with Crippen LogP contribution in [0.1, 0.15) is 25.3 Å². The summed E-state index contributed by atoms with van der Waals surface area (Å²) in [4.78, 5) is 12.7. The molecule has 0 bridgehead atoms. The van der Waals surface area contributed by atoms with Crippen LogP contribution < -0.4 is 10.1 Å². The van der Waals surface area contributed by atoms with Crippen molar-refractivity contribution >= 4 is 44.8 Å². The van der Waals surface area contributed by atoms with Gasteiger partial charge in [-0.1, -0.05) is 29.3 Å². The standard InChI is InChI=1S/C21H24Cl2N2O4S/c1-3-29-19-8-7-16(22)13-20(19)30(27,28)25-11-9-15(10-12-25)21(26)24-18-6-4-5-17(23)14(18)2/h4-8,13,15H,3,9-12H2,1-2H3,(H,24,26). The molecule has 1 N–H and O–H groups in total. The molecule has 3 rings (SSSR count). The van der Waals surface area contributed by atoms with Gasteiger partial charge in [-0.3, -0.25) is 4.79 Å². The Balaban J connectivity index is 1.70. The Bertz CT molecular complexity index is 1040. The molecule has 0 radical (unpaired) electrons. The Labute approximate surface area is 187 Å². The van der Waals surface area contributed by atoms with Crippen molar-refractivity contribution < 1.29 is 17.9 Å². The van der Waals surface area contributed by atoms with Crippen LogP contribution in [0.2, 0.25) is 10.0 Å². The Morgan fingerprint density at radius 2 is 1.90 bits per heavy atom. The molecule has 1 amide bonds. The van der Waals surface area contributed by atoms with Gasteiger partial charge < -0.3 is 10.1 Å². The van der Waals surface area contributed by atoms with Gasteiger partial charge in [0.15, 0.2) is 0 Å². The number of rotatable bonds is 6. The van der Waals surface area contributed by atoms with Gasteiger partial charge in [0.05, 0.1) is 6.61 Å². The minimum Gasteiger partial charge on any atom is -0.492 e. The number of anilines is 1. The van der Waals surface area contributed by atoms with Gasteiger partial charge in [0.1, 0.15) is 10.6 Å². The number of carbonyl (C=O) groups excluding carboxylic acids is 1. The van der Waals surface area contributed by atoms with Crippen molar-refractivity contribution in [3.05, 3.63) is 52.0 Å². The molecule has 1 aliphatic heterocycles. The van der Waals surface area contributed by atoms with E-state index in [0.29, 0.717) is 35.2 Å². The maximum Gasteiger partial charge on any atom is 0.246 e. The number of hydrogen-bond acceptors (Lipinski definition) is 4. The van der Waals surface area contributed by atoms with Gasteiger partial charge >= 0.3 is 0 Å². The first-order valence-corrected chi connectivity index (χ1v) is 11.9. The number of piperidine rings is 1. The predicted molar refractivity (Wildman–Crippen MR) is 119 cm³/mol. The van der Waals surface area contributed by atoms with Crippen LogP contribution in [0.25, 0.3) is 0 Å². The number of sulfonamides is 1. The highest BCUT2D eigenvalue weighted by molar-refractivity contribution is 7.89. The summed E-state index contributed by atoms with van der Waals surface area (Å²) >= 11 is 12.1. The van der Waals surface area contributed by atoms with Crippen molar-refractivity contribution in [1.29, 1.82) is 0 Å². The molecule has 1 aliphatic rings. The average Bonchev–Trinajstić information content (AvgIpc) is 2.73. The van der Waals surface area contributed by atoms with Crippen LogP contribution in [0, 0.1) is 12.8 Å². The van der Waals surface area contributed by atoms with Gasteiger partial charge in [0, 0.05) is 34.7 Å². The van der Waals surface area contributed by atoms with E-state index in [1.54, 1.807) is 37.3 Å². The van der Waals surface area contributed by atoms with Crippen molar-refractivity contribution in [3.8, 4) is 5.75 Å². The van der Waals surface area contributed by atoms with Crippen LogP contribution in [-0.2, 0) is 14.8 Å². The van der Waals surface area contributed by atoms with Crippen LogP contribution in [0.4, 0.5) is 5.69 Å². The lowest BCUT2D eigenvalue weighted by molar-refractivity contribution is -0.120. The Morgan fingerprint density at radius 3 is 2.57 bits per heavy atom. The first-order valence-electron chi connectivity index (χ1n) is 9.72. The van der Waals surface area contributed by atoms with Crippen LogP contribution in [0.5, 0.6) is 5.75 Å². The molecular formula is C21H24Cl2N2O4S. The molecule has 1 heterocycles. The van der Waals surface area contributed by atoms with Crippen molar-refractivity contribution in [2.45, 2.75) is 31.6 Å². The molecule has 2 aromatic carbocycles. The van der Waals surface area contributed by atoms with Gasteiger partial charge in [-0.15, -0.1) is 0 Å². The van der Waals surface area contributed by atoms with E-state index in [2.05, 4.69) is 5.32 Å². The number of ether oxygens (including phenoxy) is 1. The average molecular weight is 471 g/mol. The predicted octanol–water partition coefficient (Wildman–Crippen LogP) is 4.74. The normalized spacial score (nSPS) is 15.7. The summed E-state index contributed by atoms with van der Waals surface area (Å²) in [5.74, 6) is -0.131. The summed E-state index contributed by atoms with van der Waals surface area (Å²) < 4.78 is 33.2. The maximum absolute atomic E-state index is 13.2. The van der Waals surface area contributed by atoms with Gasteiger partial charge in [-0.2, -0.15) is 4.31 Å². The molecule has 1 fully saturated rings. The molecule has 0 unspecified atom stereocenters. The summed E-state index contributed by atoms with van der Waals surface area (Å²) in [7, 11) is -3.78. The summed E-state index contributed by atoms with van der Waals surface area (Å²) in [6, 6.07) is 9.91. The van der Waals surface area contributed by atoms with Crippen LogP contribution >= 0.6 is 23.2 Å². The van der Waals surface area contributed by atoms with Crippen LogP contribution in [0.15, 0.2) is 41.3 Å². The van der Waals surface area contributed by atoms with E-state index in [-0.39, 0.29) is 35.6 Å². The van der Waals surface area contributed by atoms with Crippen LogP contribution in [0.3, 0.4) is 0 Å². The van der Waals surface area contributed by atoms with Gasteiger partial charge in [0.25, 0.3) is 0 Å². The summed E-state index contributed by atoms with van der Waals surface area (Å²) in [5.41, 5.74) is 1.47. The van der Waals surface area contributed by atoms with Gasteiger partial charge in [0.2, 0.25) is 15.9 Å². The van der Waals surface area contributed by atoms with Crippen molar-refractivity contribution in [3.63, 3.8) is 0 Å². The van der Waals surface area contributed by atoms with Crippen LogP contribution in [-0.4, -0.2) is 38.3 Å². The zero-order chi connectivity index (χ0) is 21.9. The summed E-state index contributed by atoms with van der Waals surface area (Å²) in [6.45, 7) is 4.46. The molecule has 30 heavy (non-hydrogen) atoms. The number of nitrogens with zero attached hydrogens (tertiary/aromatic N) is 1. The Morgan fingerprint density at radius 1 is 1.20 bits per heavy atom. The minimum absolute atomic E-state index is 0.0503. The number of benzene rings is 2. The fourth-order valence-corrected chi connectivity index (χ4v) is 5.47. The zero-order valence-corrected chi connectivity index (χ0v) is 19.1. The van der Waals surface area contributed by atoms with Crippen molar-refractivity contribution in [2.75, 3.05) is 25.0 Å². The molecule has 0 saturated carbocycles. The lowest BCUT2D eigenvalue weighted by Gasteiger charge is -2.31. The molecule has 6 nitrogen and oxygen atoms in total. The largest absolute Gasteiger partial charge is 0.492 e. The third kappa shape index (κ3) is 4.91. The topological polar surface area (TPSA) is 75.7 Å². The molecule has 0 aliphatic carbocycles. The smallest absolute Gasteiger partial charge is 0.246 e. The fourth-order valence-electron chi connectivity index (χ4n) is 3.43. The van der Waals surface area contributed by atoms with E-state index in [4.69, 9.17) is 27.9 Å². The monoisotopic (exact) mass is 470 g/mol. The fraction of sp³-hybridized carbons (Fsp3) is 0.381. The van der Waals surface area contributed by atoms with E-state index >= 15 is 0 Å². The molecule has 0 atom stereocenters. The second-order valence-corrected chi connectivity index (χ2v) is 9.85. The van der Waals surface area contributed by atoms with Gasteiger partial charge in [-0.25, -0.2) is 8.42 Å². The maximum atomic E-state index is 13.2. The highest BCUT2D eigenvalue weighted by Gasteiger charge is 2.34. The van der Waals surface area contributed by atoms with E-state index < -0.39 is 10.0 Å². The quantitative estimate of drug-likeness (QED) is 0.661. The summed E-state index contributed by atoms with van der Waals surface area (Å²) in [5, 5.41) is 3.82. The molecule has 2 aromatic rings. The lowest BCUT2D eigenvalue weighted by Crippen LogP contribution is -2.41. The molecular weight excluding hydrogens is 447 g/mol. The highest BCUT2D eigenvalue weighted by Crippen LogP contribution is 2.32. The minimum atomic E-state index is -3.78. The first kappa shape index (κ1) is 22.9. The van der Waals surface area contributed by atoms with Crippen molar-refractivity contribution in [1.82, 2.24) is 4.31 Å². The Hall–Kier alpha value is -1.80. The second-order valence-electron chi connectivity index (χ2n) is 7.10. The molecule has 9 heteroatoms. The number of nitrogens with one attached hydrogen (secondary N) is 1. The number of halogens is 2. The second kappa shape index (κ2) is 9.56. The lowest BCUT2D eigenvalue weighted by atomic mass is 9.97. The van der Waals surface area contributed by atoms with E-state index in [9.17, 15) is 13.2 Å². The SMILES string of the molecule is CCOc1ccc(Cl)cc1S(=O)(=O)N1CCC(C(=O)Nc2cccc(Cl)c2C)CC1.